The number of hydrogen-bond acceptors (Lipinski definition) is 3. The molecule has 1 amide bonds. The Bertz CT molecular complexity index is 474. The van der Waals surface area contributed by atoms with Crippen molar-refractivity contribution < 1.29 is 27.5 Å². The highest BCUT2D eigenvalue weighted by molar-refractivity contribution is 5.94. The molecule has 0 spiro atoms. The van der Waals surface area contributed by atoms with Crippen LogP contribution in [0.1, 0.15) is 17.3 Å². The number of anilines is 1. The minimum atomic E-state index is -2.81. The third-order valence-corrected chi connectivity index (χ3v) is 2.66. The van der Waals surface area contributed by atoms with Crippen molar-refractivity contribution >= 4 is 11.6 Å². The van der Waals surface area contributed by atoms with Gasteiger partial charge >= 0.3 is 0 Å². The van der Waals surface area contributed by atoms with Gasteiger partial charge in [0.25, 0.3) is 12.3 Å². The normalized spacial score (nSPS) is 10.8. The minimum Gasteiger partial charge on any atom is -0.395 e. The van der Waals surface area contributed by atoms with Crippen molar-refractivity contribution in [2.24, 2.45) is 0 Å². The summed E-state index contributed by atoms with van der Waals surface area (Å²) in [5, 5.41) is 11.2. The molecular weight excluding hydrogens is 292 g/mol. The maximum absolute atomic E-state index is 13.7. The molecule has 0 aliphatic rings. The Hall–Kier alpha value is -1.83. The largest absolute Gasteiger partial charge is 0.395 e. The second kappa shape index (κ2) is 7.82. The van der Waals surface area contributed by atoms with E-state index in [-0.39, 0.29) is 24.3 Å². The van der Waals surface area contributed by atoms with E-state index >= 15 is 0 Å². The summed E-state index contributed by atoms with van der Waals surface area (Å²) in [5.74, 6) is -2.94. The van der Waals surface area contributed by atoms with Crippen LogP contribution in [0.15, 0.2) is 12.1 Å². The number of nitrogens with one attached hydrogen (secondary N) is 1. The fourth-order valence-electron chi connectivity index (χ4n) is 1.79. The smallest absolute Gasteiger partial charge is 0.255 e. The third kappa shape index (κ3) is 4.59. The molecule has 21 heavy (non-hydrogen) atoms. The molecule has 1 aromatic rings. The number of halogens is 4. The Labute approximate surface area is 119 Å². The standard InChI is InChI=1S/C13H16F4N2O2/c1-2-18-12-9(14)5-8(6-10(12)15)13(21)19(3-4-20)7-11(16)17/h5-6,11,18,20H,2-4,7H2,1H3. The third-order valence-electron chi connectivity index (χ3n) is 2.66. The fourth-order valence-corrected chi connectivity index (χ4v) is 1.79. The van der Waals surface area contributed by atoms with Gasteiger partial charge in [-0.3, -0.25) is 4.79 Å². The average molecular weight is 308 g/mol. The van der Waals surface area contributed by atoms with Crippen LogP contribution in [-0.2, 0) is 0 Å². The Kier molecular flexibility index (Phi) is 6.41. The molecule has 0 aliphatic carbocycles. The number of aliphatic hydroxyl groups excluding tert-OH is 1. The molecule has 0 saturated carbocycles. The lowest BCUT2D eigenvalue weighted by Crippen LogP contribution is -2.37. The Morgan fingerprint density at radius 1 is 1.33 bits per heavy atom. The molecule has 0 atom stereocenters. The van der Waals surface area contributed by atoms with E-state index in [9.17, 15) is 22.4 Å². The monoisotopic (exact) mass is 308 g/mol. The van der Waals surface area contributed by atoms with Crippen LogP contribution in [0, 0.1) is 11.6 Å². The highest BCUT2D eigenvalue weighted by Gasteiger charge is 2.22. The van der Waals surface area contributed by atoms with Crippen molar-refractivity contribution in [1.82, 2.24) is 4.90 Å². The first-order valence-electron chi connectivity index (χ1n) is 6.31. The van der Waals surface area contributed by atoms with Crippen molar-refractivity contribution in [2.75, 3.05) is 31.6 Å². The summed E-state index contributed by atoms with van der Waals surface area (Å²) >= 11 is 0. The van der Waals surface area contributed by atoms with Gasteiger partial charge in [0.2, 0.25) is 0 Å². The molecule has 0 aliphatic heterocycles. The molecule has 0 unspecified atom stereocenters. The molecular formula is C13H16F4N2O2. The van der Waals surface area contributed by atoms with Crippen LogP contribution in [-0.4, -0.2) is 48.6 Å². The van der Waals surface area contributed by atoms with Crippen molar-refractivity contribution in [3.8, 4) is 0 Å². The van der Waals surface area contributed by atoms with Crippen molar-refractivity contribution in [3.63, 3.8) is 0 Å². The van der Waals surface area contributed by atoms with Crippen molar-refractivity contribution in [3.05, 3.63) is 29.3 Å². The Morgan fingerprint density at radius 2 is 1.90 bits per heavy atom. The van der Waals surface area contributed by atoms with Crippen LogP contribution in [0.2, 0.25) is 0 Å². The predicted molar refractivity (Wildman–Crippen MR) is 69.5 cm³/mol. The fraction of sp³-hybridized carbons (Fsp3) is 0.462. The Balaban J connectivity index is 3.05. The van der Waals surface area contributed by atoms with Gasteiger partial charge in [-0.1, -0.05) is 0 Å². The molecule has 2 N–H and O–H groups in total. The molecule has 0 bridgehead atoms. The summed E-state index contributed by atoms with van der Waals surface area (Å²) < 4.78 is 52.1. The van der Waals surface area contributed by atoms with E-state index in [0.29, 0.717) is 4.90 Å². The zero-order valence-corrected chi connectivity index (χ0v) is 11.4. The van der Waals surface area contributed by atoms with E-state index in [1.807, 2.05) is 0 Å². The maximum Gasteiger partial charge on any atom is 0.255 e. The molecule has 1 rings (SSSR count). The second-order valence-electron chi connectivity index (χ2n) is 4.21. The Morgan fingerprint density at radius 3 is 2.33 bits per heavy atom. The molecule has 1 aromatic carbocycles. The summed E-state index contributed by atoms with van der Waals surface area (Å²) in [6, 6.07) is 1.55. The van der Waals surface area contributed by atoms with Gasteiger partial charge < -0.3 is 15.3 Å². The van der Waals surface area contributed by atoms with Gasteiger partial charge in [-0.15, -0.1) is 0 Å². The van der Waals surface area contributed by atoms with Crippen molar-refractivity contribution in [2.45, 2.75) is 13.3 Å². The second-order valence-corrected chi connectivity index (χ2v) is 4.21. The summed E-state index contributed by atoms with van der Waals surface area (Å²) in [7, 11) is 0. The van der Waals surface area contributed by atoms with Gasteiger partial charge in [0.1, 0.15) is 17.3 Å². The molecule has 8 heteroatoms. The van der Waals surface area contributed by atoms with Crippen LogP contribution in [0.4, 0.5) is 23.2 Å². The maximum atomic E-state index is 13.7. The predicted octanol–water partition coefficient (Wildman–Crippen LogP) is 2.10. The SMILES string of the molecule is CCNc1c(F)cc(C(=O)N(CCO)CC(F)F)cc1F. The van der Waals surface area contributed by atoms with Crippen LogP contribution in [0.3, 0.4) is 0 Å². The molecule has 0 heterocycles. The number of nitrogens with zero attached hydrogens (tertiary/aromatic N) is 1. The highest BCUT2D eigenvalue weighted by atomic mass is 19.3. The number of amides is 1. The van der Waals surface area contributed by atoms with E-state index in [1.165, 1.54) is 0 Å². The first-order valence-corrected chi connectivity index (χ1v) is 6.31. The van der Waals surface area contributed by atoms with Gasteiger partial charge in [0, 0.05) is 18.7 Å². The molecule has 4 nitrogen and oxygen atoms in total. The van der Waals surface area contributed by atoms with Crippen molar-refractivity contribution in [1.29, 1.82) is 0 Å². The molecule has 118 valence electrons. The molecule has 0 saturated heterocycles. The van der Waals surface area contributed by atoms with E-state index in [0.717, 1.165) is 12.1 Å². The number of hydrogen-bond donors (Lipinski definition) is 2. The molecule has 0 aromatic heterocycles. The summed E-state index contributed by atoms with van der Waals surface area (Å²) in [4.78, 5) is 12.6. The first kappa shape index (κ1) is 17.2. The van der Waals surface area contributed by atoms with Gasteiger partial charge in [0.15, 0.2) is 0 Å². The van der Waals surface area contributed by atoms with E-state index < -0.39 is 37.1 Å². The average Bonchev–Trinajstić information content (AvgIpc) is 2.41. The number of rotatable bonds is 7. The topological polar surface area (TPSA) is 52.6 Å². The van der Waals surface area contributed by atoms with Gasteiger partial charge in [-0.2, -0.15) is 0 Å². The lowest BCUT2D eigenvalue weighted by molar-refractivity contribution is 0.0508. The number of alkyl halides is 2. The van der Waals surface area contributed by atoms with Crippen LogP contribution in [0.5, 0.6) is 0 Å². The van der Waals surface area contributed by atoms with E-state index in [1.54, 1.807) is 6.92 Å². The van der Waals surface area contributed by atoms with E-state index in [2.05, 4.69) is 5.32 Å². The van der Waals surface area contributed by atoms with Gasteiger partial charge in [-0.25, -0.2) is 17.6 Å². The summed E-state index contributed by atoms with van der Waals surface area (Å²) in [6.45, 7) is 0.130. The highest BCUT2D eigenvalue weighted by Crippen LogP contribution is 2.21. The number of benzene rings is 1. The number of carbonyl (C=O) groups is 1. The van der Waals surface area contributed by atoms with Crippen LogP contribution in [0.25, 0.3) is 0 Å². The lowest BCUT2D eigenvalue weighted by atomic mass is 10.1. The quantitative estimate of drug-likeness (QED) is 0.759. The summed E-state index contributed by atoms with van der Waals surface area (Å²) in [6.07, 6.45) is -2.81. The zero-order chi connectivity index (χ0) is 16.0. The lowest BCUT2D eigenvalue weighted by Gasteiger charge is -2.21. The van der Waals surface area contributed by atoms with E-state index in [4.69, 9.17) is 5.11 Å². The first-order chi connectivity index (χ1) is 9.90. The number of carbonyl (C=O) groups excluding carboxylic acids is 1. The molecule has 0 fully saturated rings. The summed E-state index contributed by atoms with van der Waals surface area (Å²) in [5.41, 5.74) is -0.766. The zero-order valence-electron chi connectivity index (χ0n) is 11.4. The van der Waals surface area contributed by atoms with Crippen LogP contribution < -0.4 is 5.32 Å². The van der Waals surface area contributed by atoms with Crippen LogP contribution >= 0.6 is 0 Å². The van der Waals surface area contributed by atoms with Gasteiger partial charge in [0.05, 0.1) is 13.2 Å². The molecule has 0 radical (unpaired) electrons. The number of aliphatic hydroxyl groups is 1. The van der Waals surface area contributed by atoms with Gasteiger partial charge in [-0.05, 0) is 19.1 Å². The minimum absolute atomic E-state index is 0.281.